The molecule has 4 nitrogen and oxygen atoms in total. The van der Waals surface area contributed by atoms with Crippen LogP contribution >= 0.6 is 0 Å². The molecule has 2 N–H and O–H groups in total. The molecule has 1 saturated heterocycles. The van der Waals surface area contributed by atoms with E-state index in [2.05, 4.69) is 5.32 Å². The van der Waals surface area contributed by atoms with Gasteiger partial charge in [0.1, 0.15) is 6.04 Å². The number of amides is 2. The van der Waals surface area contributed by atoms with Gasteiger partial charge in [0.2, 0.25) is 5.91 Å². The quantitative estimate of drug-likeness (QED) is 0.737. The Kier molecular flexibility index (Phi) is 4.12. The first kappa shape index (κ1) is 14.7. The molecule has 1 atom stereocenters. The highest BCUT2D eigenvalue weighted by Gasteiger charge is 2.63. The van der Waals surface area contributed by atoms with Crippen LogP contribution < -0.4 is 10.6 Å². The van der Waals surface area contributed by atoms with Crippen molar-refractivity contribution < 1.29 is 31.5 Å². The van der Waals surface area contributed by atoms with Gasteiger partial charge in [0.25, 0.3) is 0 Å². The van der Waals surface area contributed by atoms with Crippen molar-refractivity contribution in [2.75, 3.05) is 6.54 Å². The van der Waals surface area contributed by atoms with Gasteiger partial charge < -0.3 is 10.6 Å². The van der Waals surface area contributed by atoms with Crippen molar-refractivity contribution >= 4 is 11.8 Å². The third-order valence-corrected chi connectivity index (χ3v) is 2.48. The standard InChI is InChI=1S/C9H11F5N2O2/c10-8(11,9(12,13)14)7(18)16-5-3-1-2-4-15-6(5)17/h5H,1-4H2,(H,15,17)(H,16,18). The second-order valence-electron chi connectivity index (χ2n) is 3.89. The van der Waals surface area contributed by atoms with E-state index in [1.807, 2.05) is 0 Å². The molecule has 1 aliphatic heterocycles. The molecule has 1 fully saturated rings. The van der Waals surface area contributed by atoms with Crippen molar-refractivity contribution in [2.24, 2.45) is 0 Å². The fourth-order valence-corrected chi connectivity index (χ4v) is 1.45. The van der Waals surface area contributed by atoms with Gasteiger partial charge in [-0.15, -0.1) is 0 Å². The number of nitrogens with one attached hydrogen (secondary N) is 2. The molecule has 1 rings (SSSR count). The lowest BCUT2D eigenvalue weighted by Gasteiger charge is -2.22. The molecule has 0 aromatic carbocycles. The molecule has 18 heavy (non-hydrogen) atoms. The van der Waals surface area contributed by atoms with Gasteiger partial charge >= 0.3 is 18.0 Å². The first-order valence-electron chi connectivity index (χ1n) is 5.19. The molecular weight excluding hydrogens is 263 g/mol. The molecule has 0 bridgehead atoms. The van der Waals surface area contributed by atoms with Gasteiger partial charge in [-0.05, 0) is 19.3 Å². The highest BCUT2D eigenvalue weighted by molar-refractivity contribution is 5.91. The van der Waals surface area contributed by atoms with Crippen LogP contribution in [-0.2, 0) is 9.59 Å². The van der Waals surface area contributed by atoms with E-state index in [4.69, 9.17) is 0 Å². The predicted molar refractivity (Wildman–Crippen MR) is 49.8 cm³/mol. The largest absolute Gasteiger partial charge is 0.463 e. The maximum absolute atomic E-state index is 12.6. The number of carbonyl (C=O) groups excluding carboxylic acids is 2. The Bertz CT molecular complexity index is 342. The van der Waals surface area contributed by atoms with E-state index in [9.17, 15) is 31.5 Å². The maximum Gasteiger partial charge on any atom is 0.463 e. The first-order valence-corrected chi connectivity index (χ1v) is 5.19. The van der Waals surface area contributed by atoms with Crippen LogP contribution in [0.1, 0.15) is 19.3 Å². The van der Waals surface area contributed by atoms with Crippen LogP contribution in [0.3, 0.4) is 0 Å². The predicted octanol–water partition coefficient (Wildman–Crippen LogP) is 0.969. The van der Waals surface area contributed by atoms with E-state index in [0.29, 0.717) is 19.4 Å². The van der Waals surface area contributed by atoms with Gasteiger partial charge in [-0.3, -0.25) is 9.59 Å². The lowest BCUT2D eigenvalue weighted by molar-refractivity contribution is -0.270. The van der Waals surface area contributed by atoms with Gasteiger partial charge in [-0.1, -0.05) is 0 Å². The van der Waals surface area contributed by atoms with Crippen LogP contribution in [-0.4, -0.2) is 36.5 Å². The Morgan fingerprint density at radius 1 is 1.22 bits per heavy atom. The molecule has 0 aromatic heterocycles. The summed E-state index contributed by atoms with van der Waals surface area (Å²) in [5.41, 5.74) is 0. The Hall–Kier alpha value is -1.41. The number of hydrogen-bond donors (Lipinski definition) is 2. The van der Waals surface area contributed by atoms with E-state index >= 15 is 0 Å². The molecule has 9 heteroatoms. The minimum absolute atomic E-state index is 0.0332. The lowest BCUT2D eigenvalue weighted by atomic mass is 10.1. The van der Waals surface area contributed by atoms with E-state index in [0.717, 1.165) is 0 Å². The van der Waals surface area contributed by atoms with E-state index in [1.54, 1.807) is 0 Å². The summed E-state index contributed by atoms with van der Waals surface area (Å²) < 4.78 is 61.0. The van der Waals surface area contributed by atoms with Crippen molar-refractivity contribution in [3.63, 3.8) is 0 Å². The summed E-state index contributed by atoms with van der Waals surface area (Å²) >= 11 is 0. The van der Waals surface area contributed by atoms with Crippen molar-refractivity contribution in [2.45, 2.75) is 37.4 Å². The van der Waals surface area contributed by atoms with Gasteiger partial charge in [0.05, 0.1) is 0 Å². The Morgan fingerprint density at radius 2 is 1.83 bits per heavy atom. The second-order valence-corrected chi connectivity index (χ2v) is 3.89. The second kappa shape index (κ2) is 5.07. The number of halogens is 5. The van der Waals surface area contributed by atoms with Crippen LogP contribution in [0.2, 0.25) is 0 Å². The summed E-state index contributed by atoms with van der Waals surface area (Å²) in [7, 11) is 0. The summed E-state index contributed by atoms with van der Waals surface area (Å²) in [5.74, 6) is -8.75. The Labute approximate surface area is 98.9 Å². The number of rotatable bonds is 2. The SMILES string of the molecule is O=C1NCCCCC1NC(=O)C(F)(F)C(F)(F)F. The highest BCUT2D eigenvalue weighted by Crippen LogP contribution is 2.35. The smallest absolute Gasteiger partial charge is 0.354 e. The normalized spacial score (nSPS) is 22.1. The average Bonchev–Trinajstić information content (AvgIpc) is 2.42. The third-order valence-electron chi connectivity index (χ3n) is 2.48. The highest BCUT2D eigenvalue weighted by atomic mass is 19.4. The van der Waals surface area contributed by atoms with Crippen molar-refractivity contribution in [3.8, 4) is 0 Å². The van der Waals surface area contributed by atoms with Gasteiger partial charge in [-0.2, -0.15) is 22.0 Å². The van der Waals surface area contributed by atoms with Crippen molar-refractivity contribution in [1.29, 1.82) is 0 Å². The Balaban J connectivity index is 2.72. The molecule has 1 heterocycles. The van der Waals surface area contributed by atoms with Crippen LogP contribution in [0.4, 0.5) is 22.0 Å². The minimum Gasteiger partial charge on any atom is -0.354 e. The third kappa shape index (κ3) is 3.08. The molecule has 1 unspecified atom stereocenters. The fourth-order valence-electron chi connectivity index (χ4n) is 1.45. The summed E-state index contributed by atoms with van der Waals surface area (Å²) in [6.45, 7) is 0.306. The molecule has 0 radical (unpaired) electrons. The molecule has 104 valence electrons. The van der Waals surface area contributed by atoms with Gasteiger partial charge in [-0.25, -0.2) is 0 Å². The minimum atomic E-state index is -5.97. The average molecular weight is 274 g/mol. The maximum atomic E-state index is 12.6. The molecule has 0 aromatic rings. The number of hydrogen-bond acceptors (Lipinski definition) is 2. The van der Waals surface area contributed by atoms with Crippen molar-refractivity contribution in [1.82, 2.24) is 10.6 Å². The summed E-state index contributed by atoms with van der Waals surface area (Å²) in [4.78, 5) is 22.2. The van der Waals surface area contributed by atoms with Gasteiger partial charge in [0, 0.05) is 6.54 Å². The van der Waals surface area contributed by atoms with E-state index in [-0.39, 0.29) is 6.42 Å². The number of alkyl halides is 5. The lowest BCUT2D eigenvalue weighted by Crippen LogP contribution is -2.55. The summed E-state index contributed by atoms with van der Waals surface area (Å²) in [6.07, 6.45) is -4.92. The van der Waals surface area contributed by atoms with Crippen LogP contribution in [0, 0.1) is 0 Å². The van der Waals surface area contributed by atoms with Crippen molar-refractivity contribution in [3.05, 3.63) is 0 Å². The molecule has 0 spiro atoms. The zero-order chi connectivity index (χ0) is 14.0. The van der Waals surface area contributed by atoms with Gasteiger partial charge in [0.15, 0.2) is 0 Å². The Morgan fingerprint density at radius 3 is 2.39 bits per heavy atom. The molecule has 0 saturated carbocycles. The van der Waals surface area contributed by atoms with Crippen LogP contribution in [0.5, 0.6) is 0 Å². The fraction of sp³-hybridized carbons (Fsp3) is 0.778. The zero-order valence-corrected chi connectivity index (χ0v) is 9.11. The number of carbonyl (C=O) groups is 2. The topological polar surface area (TPSA) is 58.2 Å². The summed E-state index contributed by atoms with van der Waals surface area (Å²) in [6, 6.07) is -1.35. The van der Waals surface area contributed by atoms with E-state index in [1.165, 1.54) is 5.32 Å². The monoisotopic (exact) mass is 274 g/mol. The molecule has 2 amide bonds. The summed E-state index contributed by atoms with van der Waals surface area (Å²) in [5, 5.41) is 3.74. The first-order chi connectivity index (χ1) is 8.16. The van der Waals surface area contributed by atoms with E-state index < -0.39 is 30.0 Å². The zero-order valence-electron chi connectivity index (χ0n) is 9.11. The van der Waals surface area contributed by atoms with Crippen LogP contribution in [0.25, 0.3) is 0 Å². The van der Waals surface area contributed by atoms with Crippen LogP contribution in [0.15, 0.2) is 0 Å². The molecular formula is C9H11F5N2O2. The molecule has 0 aliphatic carbocycles. The molecule has 1 aliphatic rings.